The van der Waals surface area contributed by atoms with Gasteiger partial charge in [0, 0.05) is 35.9 Å². The average Bonchev–Trinajstić information content (AvgIpc) is 2.99. The van der Waals surface area contributed by atoms with E-state index in [0.717, 1.165) is 44.3 Å². The summed E-state index contributed by atoms with van der Waals surface area (Å²) in [6.45, 7) is 4.14. The molecule has 0 unspecified atom stereocenters. The van der Waals surface area contributed by atoms with Crippen molar-refractivity contribution in [1.29, 1.82) is 0 Å². The SMILES string of the molecule is CCOc1ccc(NC(=O)C(=O)c2cn(CC(=O)N3CCCCCC3)c3ccccc23)cc1. The standard InChI is InChI=1S/C26H29N3O4/c1-2-33-20-13-11-19(12-14-20)27-26(32)25(31)22-17-29(23-10-6-5-9-21(22)23)18-24(30)28-15-7-3-4-8-16-28/h5-6,9-14,17H,2-4,7-8,15-16,18H2,1H3,(H,27,32). The number of likely N-dealkylation sites (tertiary alicyclic amines) is 1. The van der Waals surface area contributed by atoms with Crippen LogP contribution in [0.4, 0.5) is 5.69 Å². The third-order valence-electron chi connectivity index (χ3n) is 5.93. The van der Waals surface area contributed by atoms with Crippen molar-refractivity contribution in [3.05, 3.63) is 60.3 Å². The minimum absolute atomic E-state index is 0.0375. The zero-order valence-electron chi connectivity index (χ0n) is 18.9. The Kier molecular flexibility index (Phi) is 7.07. The fourth-order valence-electron chi connectivity index (χ4n) is 4.24. The number of amides is 2. The van der Waals surface area contributed by atoms with Gasteiger partial charge >= 0.3 is 0 Å². The highest BCUT2D eigenvalue weighted by Gasteiger charge is 2.23. The number of para-hydroxylation sites is 1. The first-order valence-corrected chi connectivity index (χ1v) is 11.5. The Bertz CT molecular complexity index is 1140. The van der Waals surface area contributed by atoms with Crippen LogP contribution in [0.25, 0.3) is 10.9 Å². The van der Waals surface area contributed by atoms with E-state index < -0.39 is 11.7 Å². The lowest BCUT2D eigenvalue weighted by molar-refractivity contribution is -0.131. The molecule has 7 heteroatoms. The van der Waals surface area contributed by atoms with Crippen molar-refractivity contribution in [3.8, 4) is 5.75 Å². The number of carbonyl (C=O) groups excluding carboxylic acids is 3. The third kappa shape index (κ3) is 5.25. The molecule has 2 amide bonds. The van der Waals surface area contributed by atoms with Gasteiger partial charge < -0.3 is 19.5 Å². The van der Waals surface area contributed by atoms with Crippen LogP contribution in [-0.4, -0.2) is 46.8 Å². The number of rotatable bonds is 7. The minimum atomic E-state index is -0.721. The predicted octanol–water partition coefficient (Wildman–Crippen LogP) is 4.26. The number of aromatic nitrogens is 1. The van der Waals surface area contributed by atoms with Crippen molar-refractivity contribution in [2.75, 3.05) is 25.0 Å². The summed E-state index contributed by atoms with van der Waals surface area (Å²) in [4.78, 5) is 40.6. The Morgan fingerprint density at radius 3 is 2.33 bits per heavy atom. The van der Waals surface area contributed by atoms with Crippen molar-refractivity contribution < 1.29 is 19.1 Å². The van der Waals surface area contributed by atoms with Gasteiger partial charge in [0.2, 0.25) is 5.91 Å². The van der Waals surface area contributed by atoms with E-state index in [0.29, 0.717) is 23.4 Å². The van der Waals surface area contributed by atoms with Gasteiger partial charge in [0.25, 0.3) is 11.7 Å². The molecule has 1 saturated heterocycles. The fourth-order valence-corrected chi connectivity index (χ4v) is 4.24. The van der Waals surface area contributed by atoms with Crippen LogP contribution in [0.2, 0.25) is 0 Å². The monoisotopic (exact) mass is 447 g/mol. The van der Waals surface area contributed by atoms with Crippen LogP contribution < -0.4 is 10.1 Å². The van der Waals surface area contributed by atoms with Crippen LogP contribution in [0, 0.1) is 0 Å². The Morgan fingerprint density at radius 1 is 0.939 bits per heavy atom. The number of hydrogen-bond donors (Lipinski definition) is 1. The van der Waals surface area contributed by atoms with Crippen LogP contribution in [0.15, 0.2) is 54.7 Å². The summed E-state index contributed by atoms with van der Waals surface area (Å²) in [5, 5.41) is 3.31. The van der Waals surface area contributed by atoms with Crippen LogP contribution in [0.1, 0.15) is 43.0 Å². The molecule has 0 radical (unpaired) electrons. The Labute approximate surface area is 193 Å². The number of anilines is 1. The lowest BCUT2D eigenvalue weighted by atomic mass is 10.1. The first-order valence-electron chi connectivity index (χ1n) is 11.5. The molecule has 2 aromatic carbocycles. The van der Waals surface area contributed by atoms with Gasteiger partial charge in [-0.3, -0.25) is 14.4 Å². The number of hydrogen-bond acceptors (Lipinski definition) is 4. The summed E-state index contributed by atoms with van der Waals surface area (Å²) in [7, 11) is 0. The smallest absolute Gasteiger partial charge is 0.296 e. The summed E-state index contributed by atoms with van der Waals surface area (Å²) in [5.74, 6) is -0.628. The topological polar surface area (TPSA) is 80.6 Å². The van der Waals surface area contributed by atoms with Crippen molar-refractivity contribution in [1.82, 2.24) is 9.47 Å². The highest BCUT2D eigenvalue weighted by atomic mass is 16.5. The van der Waals surface area contributed by atoms with E-state index in [2.05, 4.69) is 5.32 Å². The molecule has 2 heterocycles. The number of carbonyl (C=O) groups is 3. The highest BCUT2D eigenvalue weighted by Crippen LogP contribution is 2.23. The molecule has 172 valence electrons. The molecule has 1 N–H and O–H groups in total. The second-order valence-electron chi connectivity index (χ2n) is 8.22. The van der Waals surface area contributed by atoms with Crippen LogP contribution in [-0.2, 0) is 16.1 Å². The molecule has 0 aliphatic carbocycles. The molecular weight excluding hydrogens is 418 g/mol. The van der Waals surface area contributed by atoms with Crippen molar-refractivity contribution in [2.24, 2.45) is 0 Å². The number of nitrogens with one attached hydrogen (secondary N) is 1. The molecule has 33 heavy (non-hydrogen) atoms. The number of ether oxygens (including phenoxy) is 1. The molecule has 1 fully saturated rings. The average molecular weight is 448 g/mol. The van der Waals surface area contributed by atoms with Gasteiger partial charge in [0.05, 0.1) is 12.2 Å². The van der Waals surface area contributed by atoms with Gasteiger partial charge in [-0.25, -0.2) is 0 Å². The van der Waals surface area contributed by atoms with E-state index in [9.17, 15) is 14.4 Å². The first kappa shape index (κ1) is 22.6. The van der Waals surface area contributed by atoms with Gasteiger partial charge in [-0.1, -0.05) is 31.0 Å². The number of fused-ring (bicyclic) bond motifs is 1. The third-order valence-corrected chi connectivity index (χ3v) is 5.93. The molecule has 1 aromatic heterocycles. The Morgan fingerprint density at radius 2 is 1.64 bits per heavy atom. The van der Waals surface area contributed by atoms with E-state index >= 15 is 0 Å². The zero-order chi connectivity index (χ0) is 23.2. The number of Topliss-reactive ketones (excluding diaryl/α,β-unsaturated/α-hetero) is 1. The molecule has 0 atom stereocenters. The van der Waals surface area contributed by atoms with Gasteiger partial charge in [0.15, 0.2) is 0 Å². The predicted molar refractivity (Wildman–Crippen MR) is 128 cm³/mol. The van der Waals surface area contributed by atoms with E-state index in [-0.39, 0.29) is 18.0 Å². The van der Waals surface area contributed by atoms with E-state index in [1.54, 1.807) is 41.1 Å². The van der Waals surface area contributed by atoms with E-state index in [4.69, 9.17) is 4.74 Å². The van der Waals surface area contributed by atoms with Crippen LogP contribution >= 0.6 is 0 Å². The maximum Gasteiger partial charge on any atom is 0.296 e. The molecule has 7 nitrogen and oxygen atoms in total. The van der Waals surface area contributed by atoms with Crippen molar-refractivity contribution in [2.45, 2.75) is 39.2 Å². The van der Waals surface area contributed by atoms with E-state index in [1.165, 1.54) is 0 Å². The molecular formula is C26H29N3O4. The number of ketones is 1. The van der Waals surface area contributed by atoms with Crippen LogP contribution in [0.5, 0.6) is 5.75 Å². The summed E-state index contributed by atoms with van der Waals surface area (Å²) in [6.07, 6.45) is 5.97. The molecule has 4 rings (SSSR count). The molecule has 0 saturated carbocycles. The second-order valence-corrected chi connectivity index (χ2v) is 8.22. The molecule has 3 aromatic rings. The summed E-state index contributed by atoms with van der Waals surface area (Å²) in [6, 6.07) is 14.2. The summed E-state index contributed by atoms with van der Waals surface area (Å²) >= 11 is 0. The number of benzene rings is 2. The second kappa shape index (κ2) is 10.3. The maximum absolute atomic E-state index is 13.0. The molecule has 0 bridgehead atoms. The molecule has 0 spiro atoms. The largest absolute Gasteiger partial charge is 0.494 e. The van der Waals surface area contributed by atoms with Crippen LogP contribution in [0.3, 0.4) is 0 Å². The fraction of sp³-hybridized carbons (Fsp3) is 0.346. The summed E-state index contributed by atoms with van der Waals surface area (Å²) < 4.78 is 7.18. The summed E-state index contributed by atoms with van der Waals surface area (Å²) in [5.41, 5.74) is 1.56. The molecule has 1 aliphatic rings. The molecule has 1 aliphatic heterocycles. The van der Waals surface area contributed by atoms with Crippen molar-refractivity contribution in [3.63, 3.8) is 0 Å². The van der Waals surface area contributed by atoms with Crippen molar-refractivity contribution >= 4 is 34.2 Å². The minimum Gasteiger partial charge on any atom is -0.494 e. The van der Waals surface area contributed by atoms with Gasteiger partial charge in [-0.2, -0.15) is 0 Å². The highest BCUT2D eigenvalue weighted by molar-refractivity contribution is 6.48. The Hall–Kier alpha value is -3.61. The van der Waals surface area contributed by atoms with Gasteiger partial charge in [-0.15, -0.1) is 0 Å². The zero-order valence-corrected chi connectivity index (χ0v) is 18.9. The van der Waals surface area contributed by atoms with Gasteiger partial charge in [0.1, 0.15) is 12.3 Å². The normalized spacial score (nSPS) is 14.0. The number of nitrogens with zero attached hydrogens (tertiary/aromatic N) is 2. The van der Waals surface area contributed by atoms with Gasteiger partial charge in [-0.05, 0) is 50.1 Å². The maximum atomic E-state index is 13.0. The lowest BCUT2D eigenvalue weighted by Gasteiger charge is -2.20. The van der Waals surface area contributed by atoms with E-state index in [1.807, 2.05) is 30.0 Å². The lowest BCUT2D eigenvalue weighted by Crippen LogP contribution is -2.34. The Balaban J connectivity index is 1.53. The quantitative estimate of drug-likeness (QED) is 0.433. The first-order chi connectivity index (χ1) is 16.1.